The number of halogens is 1. The van der Waals surface area contributed by atoms with Gasteiger partial charge in [0.1, 0.15) is 29.2 Å². The molecule has 2 aliphatic rings. The molecular weight excluding hydrogens is 425 g/mol. The van der Waals surface area contributed by atoms with Gasteiger partial charge in [-0.05, 0) is 72.6 Å². The summed E-state index contributed by atoms with van der Waals surface area (Å²) >= 11 is 0. The lowest BCUT2D eigenvalue weighted by molar-refractivity contribution is -0.132. The van der Waals surface area contributed by atoms with Gasteiger partial charge in [-0.2, -0.15) is 0 Å². The Balaban J connectivity index is 1.68. The highest BCUT2D eigenvalue weighted by atomic mass is 19.1. The fourth-order valence-electron chi connectivity index (χ4n) is 4.40. The van der Waals surface area contributed by atoms with Crippen LogP contribution >= 0.6 is 0 Å². The SMILES string of the molecule is CC1Cc2cc(/C(O)=C3/C(=O)C(=O)N(c4ccc(F)cc4)C3c3ccc(O)cc3)ccc2O1. The summed E-state index contributed by atoms with van der Waals surface area (Å²) in [4.78, 5) is 27.5. The van der Waals surface area contributed by atoms with Gasteiger partial charge in [0.05, 0.1) is 11.6 Å². The number of aliphatic hydroxyl groups is 1. The Morgan fingerprint density at radius 2 is 1.73 bits per heavy atom. The Morgan fingerprint density at radius 1 is 1.03 bits per heavy atom. The molecular formula is C26H20FNO5. The number of aliphatic hydroxyl groups excluding tert-OH is 1. The highest BCUT2D eigenvalue weighted by molar-refractivity contribution is 6.51. The fourth-order valence-corrected chi connectivity index (χ4v) is 4.40. The minimum absolute atomic E-state index is 0.0125. The van der Waals surface area contributed by atoms with Crippen molar-refractivity contribution in [1.29, 1.82) is 0 Å². The normalized spacial score (nSPS) is 21.2. The number of hydrogen-bond acceptors (Lipinski definition) is 5. The largest absolute Gasteiger partial charge is 0.508 e. The minimum atomic E-state index is -0.959. The number of ketones is 1. The molecule has 0 radical (unpaired) electrons. The van der Waals surface area contributed by atoms with Crippen LogP contribution in [0, 0.1) is 5.82 Å². The number of phenols is 1. The van der Waals surface area contributed by atoms with Crippen molar-refractivity contribution in [3.8, 4) is 11.5 Å². The van der Waals surface area contributed by atoms with E-state index in [1.807, 2.05) is 6.92 Å². The van der Waals surface area contributed by atoms with E-state index in [1.54, 1.807) is 30.3 Å². The highest BCUT2D eigenvalue weighted by Crippen LogP contribution is 2.43. The van der Waals surface area contributed by atoms with Gasteiger partial charge in [-0.15, -0.1) is 0 Å². The zero-order valence-corrected chi connectivity index (χ0v) is 17.7. The van der Waals surface area contributed by atoms with Crippen LogP contribution in [-0.2, 0) is 16.0 Å². The first kappa shape index (κ1) is 20.8. The zero-order valence-electron chi connectivity index (χ0n) is 17.7. The van der Waals surface area contributed by atoms with Crippen LogP contribution in [0.5, 0.6) is 11.5 Å². The fraction of sp³-hybridized carbons (Fsp3) is 0.154. The number of rotatable bonds is 3. The molecule has 1 amide bonds. The van der Waals surface area contributed by atoms with Crippen LogP contribution in [0.3, 0.4) is 0 Å². The molecule has 6 nitrogen and oxygen atoms in total. The van der Waals surface area contributed by atoms with E-state index < -0.39 is 23.5 Å². The summed E-state index contributed by atoms with van der Waals surface area (Å²) < 4.78 is 19.2. The monoisotopic (exact) mass is 445 g/mol. The van der Waals surface area contributed by atoms with E-state index in [-0.39, 0.29) is 23.2 Å². The topological polar surface area (TPSA) is 87.1 Å². The molecule has 2 aliphatic heterocycles. The smallest absolute Gasteiger partial charge is 0.300 e. The summed E-state index contributed by atoms with van der Waals surface area (Å²) in [5.41, 5.74) is 2.04. The molecule has 3 aromatic carbocycles. The van der Waals surface area contributed by atoms with Crippen molar-refractivity contribution in [1.82, 2.24) is 0 Å². The lowest BCUT2D eigenvalue weighted by Crippen LogP contribution is -2.29. The summed E-state index contributed by atoms with van der Waals surface area (Å²) in [6.07, 6.45) is 0.681. The number of fused-ring (bicyclic) bond motifs is 1. The number of carbonyl (C=O) groups excluding carboxylic acids is 2. The Hall–Kier alpha value is -4.13. The van der Waals surface area contributed by atoms with E-state index in [1.165, 1.54) is 41.3 Å². The lowest BCUT2D eigenvalue weighted by atomic mass is 9.94. The number of amides is 1. The molecule has 0 saturated carbocycles. The van der Waals surface area contributed by atoms with Gasteiger partial charge in [0.15, 0.2) is 0 Å². The zero-order chi connectivity index (χ0) is 23.3. The first-order valence-corrected chi connectivity index (χ1v) is 10.5. The molecule has 2 heterocycles. The maximum atomic E-state index is 13.5. The van der Waals surface area contributed by atoms with Gasteiger partial charge >= 0.3 is 0 Å². The summed E-state index contributed by atoms with van der Waals surface area (Å²) in [5.74, 6) is -1.73. The average Bonchev–Trinajstić information content (AvgIpc) is 3.30. The van der Waals surface area contributed by atoms with Crippen molar-refractivity contribution in [2.45, 2.75) is 25.5 Å². The molecule has 33 heavy (non-hydrogen) atoms. The van der Waals surface area contributed by atoms with Gasteiger partial charge in [-0.1, -0.05) is 12.1 Å². The van der Waals surface area contributed by atoms with Gasteiger partial charge in [0.2, 0.25) is 0 Å². The number of nitrogens with zero attached hydrogens (tertiary/aromatic N) is 1. The maximum absolute atomic E-state index is 13.5. The molecule has 7 heteroatoms. The van der Waals surface area contributed by atoms with E-state index in [2.05, 4.69) is 0 Å². The molecule has 166 valence electrons. The number of aromatic hydroxyl groups is 1. The van der Waals surface area contributed by atoms with Crippen LogP contribution in [0.4, 0.5) is 10.1 Å². The number of ether oxygens (including phenoxy) is 1. The van der Waals surface area contributed by atoms with Crippen LogP contribution < -0.4 is 9.64 Å². The second kappa shape index (κ2) is 7.78. The van der Waals surface area contributed by atoms with E-state index in [4.69, 9.17) is 4.74 Å². The van der Waals surface area contributed by atoms with E-state index in [0.29, 0.717) is 23.2 Å². The Kier molecular flexibility index (Phi) is 4.89. The van der Waals surface area contributed by atoms with Gasteiger partial charge < -0.3 is 14.9 Å². The summed E-state index contributed by atoms with van der Waals surface area (Å²) in [6, 6.07) is 15.4. The Labute approximate surface area is 189 Å². The second-order valence-electron chi connectivity index (χ2n) is 8.19. The lowest BCUT2D eigenvalue weighted by Gasteiger charge is -2.25. The molecule has 0 aliphatic carbocycles. The first-order chi connectivity index (χ1) is 15.8. The summed E-state index contributed by atoms with van der Waals surface area (Å²) in [5, 5.41) is 20.9. The molecule has 2 N–H and O–H groups in total. The van der Waals surface area contributed by atoms with Crippen LogP contribution in [-0.4, -0.2) is 28.0 Å². The van der Waals surface area contributed by atoms with E-state index in [0.717, 1.165) is 11.3 Å². The molecule has 5 rings (SSSR count). The predicted molar refractivity (Wildman–Crippen MR) is 120 cm³/mol. The Bertz CT molecular complexity index is 1300. The number of benzene rings is 3. The van der Waals surface area contributed by atoms with Crippen LogP contribution in [0.15, 0.2) is 72.3 Å². The quantitative estimate of drug-likeness (QED) is 0.353. The van der Waals surface area contributed by atoms with Crippen LogP contribution in [0.2, 0.25) is 0 Å². The molecule has 1 fully saturated rings. The number of phenolic OH excluding ortho intramolecular Hbond substituents is 1. The summed E-state index contributed by atoms with van der Waals surface area (Å²) in [7, 11) is 0. The van der Waals surface area contributed by atoms with E-state index in [9.17, 15) is 24.2 Å². The third-order valence-electron chi connectivity index (χ3n) is 5.93. The molecule has 2 unspecified atom stereocenters. The average molecular weight is 445 g/mol. The molecule has 3 aromatic rings. The third-order valence-corrected chi connectivity index (χ3v) is 5.93. The van der Waals surface area contributed by atoms with Gasteiger partial charge in [-0.25, -0.2) is 4.39 Å². The number of carbonyl (C=O) groups is 2. The maximum Gasteiger partial charge on any atom is 0.300 e. The van der Waals surface area contributed by atoms with Crippen LogP contribution in [0.25, 0.3) is 5.76 Å². The van der Waals surface area contributed by atoms with Crippen molar-refractivity contribution in [2.24, 2.45) is 0 Å². The molecule has 2 atom stereocenters. The standard InChI is InChI=1S/C26H20FNO5/c1-14-12-17-13-16(4-11-21(17)33-14)24(30)22-23(15-2-9-20(29)10-3-15)28(26(32)25(22)31)19-7-5-18(27)6-8-19/h2-11,13-14,23,29-30H,12H2,1H3/b24-22-. The highest BCUT2D eigenvalue weighted by Gasteiger charge is 2.47. The van der Waals surface area contributed by atoms with Gasteiger partial charge in [0.25, 0.3) is 11.7 Å². The molecule has 0 spiro atoms. The van der Waals surface area contributed by atoms with Gasteiger partial charge in [0, 0.05) is 17.7 Å². The Morgan fingerprint density at radius 3 is 2.42 bits per heavy atom. The number of Topliss-reactive ketones (excluding diaryl/α,β-unsaturated/α-hetero) is 1. The van der Waals surface area contributed by atoms with Crippen molar-refractivity contribution in [2.75, 3.05) is 4.90 Å². The molecule has 1 saturated heterocycles. The predicted octanol–water partition coefficient (Wildman–Crippen LogP) is 4.48. The minimum Gasteiger partial charge on any atom is -0.508 e. The van der Waals surface area contributed by atoms with Crippen molar-refractivity contribution >= 4 is 23.1 Å². The summed E-state index contributed by atoms with van der Waals surface area (Å²) in [6.45, 7) is 1.94. The van der Waals surface area contributed by atoms with Crippen molar-refractivity contribution < 1.29 is 28.9 Å². The van der Waals surface area contributed by atoms with Crippen molar-refractivity contribution in [3.63, 3.8) is 0 Å². The van der Waals surface area contributed by atoms with Crippen LogP contribution in [0.1, 0.15) is 29.7 Å². The van der Waals surface area contributed by atoms with E-state index >= 15 is 0 Å². The van der Waals surface area contributed by atoms with Gasteiger partial charge in [-0.3, -0.25) is 14.5 Å². The second-order valence-corrected chi connectivity index (χ2v) is 8.19. The first-order valence-electron chi connectivity index (χ1n) is 10.5. The van der Waals surface area contributed by atoms with Crippen molar-refractivity contribution in [3.05, 3.63) is 94.8 Å². The molecule has 0 aromatic heterocycles. The number of hydrogen-bond donors (Lipinski definition) is 2. The third kappa shape index (κ3) is 3.51. The molecule has 0 bridgehead atoms. The number of anilines is 1.